The fourth-order valence-electron chi connectivity index (χ4n) is 2.41. The first-order valence-electron chi connectivity index (χ1n) is 6.32. The highest BCUT2D eigenvalue weighted by atomic mass is 16.5. The molecule has 1 aromatic rings. The summed E-state index contributed by atoms with van der Waals surface area (Å²) in [7, 11) is 0. The second-order valence-corrected chi connectivity index (χ2v) is 4.49. The molecule has 2 aliphatic rings. The largest absolute Gasteiger partial charge is 0.486 e. The van der Waals surface area contributed by atoms with Gasteiger partial charge in [0.15, 0.2) is 11.5 Å². The molecule has 2 aliphatic heterocycles. The smallest absolute Gasteiger partial charge is 0.162 e. The van der Waals surface area contributed by atoms with Crippen LogP contribution in [-0.2, 0) is 4.74 Å². The molecule has 0 fully saturated rings. The first-order chi connectivity index (χ1) is 9.33. The summed E-state index contributed by atoms with van der Waals surface area (Å²) in [5, 5.41) is 0. The molecule has 2 heterocycles. The molecule has 1 aromatic carbocycles. The number of fused-ring (bicyclic) bond motifs is 5. The van der Waals surface area contributed by atoms with E-state index in [-0.39, 0.29) is 12.2 Å². The minimum atomic E-state index is 0.0551. The zero-order valence-electron chi connectivity index (χ0n) is 10.7. The molecule has 0 saturated heterocycles. The Morgan fingerprint density at radius 1 is 0.947 bits per heavy atom. The van der Waals surface area contributed by atoms with Gasteiger partial charge in [-0.1, -0.05) is 37.5 Å². The number of hydrogen-bond acceptors (Lipinski definition) is 3. The summed E-state index contributed by atoms with van der Waals surface area (Å²) >= 11 is 0. The van der Waals surface area contributed by atoms with Crippen molar-refractivity contribution in [2.45, 2.75) is 12.2 Å². The SMILES string of the molecule is C=CCOc1cc2c(cc1OCC=C)[C@H]1C=C[C@@H]2O1. The summed E-state index contributed by atoms with van der Waals surface area (Å²) in [6.45, 7) is 8.23. The van der Waals surface area contributed by atoms with Gasteiger partial charge in [-0.2, -0.15) is 0 Å². The van der Waals surface area contributed by atoms with Crippen LogP contribution in [0.15, 0.2) is 49.6 Å². The van der Waals surface area contributed by atoms with Gasteiger partial charge in [0.1, 0.15) is 25.4 Å². The Morgan fingerprint density at radius 2 is 1.42 bits per heavy atom. The molecule has 0 saturated carbocycles. The quantitative estimate of drug-likeness (QED) is 0.729. The summed E-state index contributed by atoms with van der Waals surface area (Å²) in [6, 6.07) is 4.01. The lowest BCUT2D eigenvalue weighted by Crippen LogP contribution is -2.02. The average Bonchev–Trinajstić information content (AvgIpc) is 3.03. The van der Waals surface area contributed by atoms with E-state index in [0.717, 1.165) is 22.6 Å². The van der Waals surface area contributed by atoms with Crippen molar-refractivity contribution in [1.29, 1.82) is 0 Å². The van der Waals surface area contributed by atoms with Crippen molar-refractivity contribution >= 4 is 0 Å². The molecule has 0 radical (unpaired) electrons. The zero-order valence-corrected chi connectivity index (χ0v) is 10.7. The maximum absolute atomic E-state index is 5.80. The third-order valence-electron chi connectivity index (χ3n) is 3.23. The number of rotatable bonds is 6. The third-order valence-corrected chi connectivity index (χ3v) is 3.23. The van der Waals surface area contributed by atoms with E-state index >= 15 is 0 Å². The predicted octanol–water partition coefficient (Wildman–Crippen LogP) is 3.50. The second-order valence-electron chi connectivity index (χ2n) is 4.49. The molecule has 98 valence electrons. The Hall–Kier alpha value is -2.00. The van der Waals surface area contributed by atoms with Crippen LogP contribution in [0.3, 0.4) is 0 Å². The van der Waals surface area contributed by atoms with Crippen LogP contribution < -0.4 is 9.47 Å². The Morgan fingerprint density at radius 3 is 1.84 bits per heavy atom. The number of ether oxygens (including phenoxy) is 3. The van der Waals surface area contributed by atoms with Crippen molar-refractivity contribution in [2.24, 2.45) is 0 Å². The Bertz CT molecular complexity index is 498. The van der Waals surface area contributed by atoms with Gasteiger partial charge >= 0.3 is 0 Å². The Balaban J connectivity index is 1.95. The Kier molecular flexibility index (Phi) is 3.13. The number of benzene rings is 1. The lowest BCUT2D eigenvalue weighted by Gasteiger charge is -2.15. The van der Waals surface area contributed by atoms with Gasteiger partial charge in [0.05, 0.1) is 0 Å². The van der Waals surface area contributed by atoms with Crippen LogP contribution in [0.25, 0.3) is 0 Å². The monoisotopic (exact) mass is 256 g/mol. The molecule has 3 nitrogen and oxygen atoms in total. The highest BCUT2D eigenvalue weighted by molar-refractivity contribution is 5.54. The molecule has 0 N–H and O–H groups in total. The van der Waals surface area contributed by atoms with Crippen molar-refractivity contribution in [2.75, 3.05) is 13.2 Å². The van der Waals surface area contributed by atoms with E-state index in [9.17, 15) is 0 Å². The van der Waals surface area contributed by atoms with Crippen LogP contribution in [-0.4, -0.2) is 13.2 Å². The maximum Gasteiger partial charge on any atom is 0.162 e. The lowest BCUT2D eigenvalue weighted by atomic mass is 9.96. The van der Waals surface area contributed by atoms with Crippen LogP contribution in [0.1, 0.15) is 23.3 Å². The van der Waals surface area contributed by atoms with E-state index in [0.29, 0.717) is 13.2 Å². The molecule has 0 spiro atoms. The fraction of sp³-hybridized carbons (Fsp3) is 0.250. The van der Waals surface area contributed by atoms with Crippen molar-refractivity contribution in [3.8, 4) is 11.5 Å². The summed E-state index contributed by atoms with van der Waals surface area (Å²) in [4.78, 5) is 0. The van der Waals surface area contributed by atoms with E-state index in [1.54, 1.807) is 12.2 Å². The first-order valence-corrected chi connectivity index (χ1v) is 6.32. The van der Waals surface area contributed by atoms with E-state index < -0.39 is 0 Å². The van der Waals surface area contributed by atoms with E-state index in [1.165, 1.54) is 0 Å². The van der Waals surface area contributed by atoms with Crippen molar-refractivity contribution in [3.05, 3.63) is 60.7 Å². The minimum Gasteiger partial charge on any atom is -0.486 e. The van der Waals surface area contributed by atoms with Crippen molar-refractivity contribution < 1.29 is 14.2 Å². The van der Waals surface area contributed by atoms with Crippen molar-refractivity contribution in [1.82, 2.24) is 0 Å². The second kappa shape index (κ2) is 4.94. The summed E-state index contributed by atoms with van der Waals surface area (Å²) in [5.41, 5.74) is 2.33. The molecule has 19 heavy (non-hydrogen) atoms. The van der Waals surface area contributed by atoms with Gasteiger partial charge in [-0.25, -0.2) is 0 Å². The van der Waals surface area contributed by atoms with E-state index in [2.05, 4.69) is 25.3 Å². The molecular formula is C16H16O3. The molecule has 0 aromatic heterocycles. The van der Waals surface area contributed by atoms with Crippen LogP contribution in [0.2, 0.25) is 0 Å². The molecule has 3 heteroatoms. The van der Waals surface area contributed by atoms with Gasteiger partial charge in [-0.05, 0) is 23.3 Å². The van der Waals surface area contributed by atoms with Crippen molar-refractivity contribution in [3.63, 3.8) is 0 Å². The van der Waals surface area contributed by atoms with Gasteiger partial charge < -0.3 is 14.2 Å². The Labute approximate surface area is 112 Å². The van der Waals surface area contributed by atoms with Gasteiger partial charge in [-0.15, -0.1) is 0 Å². The molecule has 0 aliphatic carbocycles. The first kappa shape index (κ1) is 12.1. The lowest BCUT2D eigenvalue weighted by molar-refractivity contribution is 0.0878. The van der Waals surface area contributed by atoms with E-state index in [4.69, 9.17) is 14.2 Å². The van der Waals surface area contributed by atoms with Crippen LogP contribution in [0.4, 0.5) is 0 Å². The van der Waals surface area contributed by atoms with Gasteiger partial charge in [0.25, 0.3) is 0 Å². The molecular weight excluding hydrogens is 240 g/mol. The van der Waals surface area contributed by atoms with Crippen LogP contribution in [0, 0.1) is 0 Å². The third kappa shape index (κ3) is 2.06. The van der Waals surface area contributed by atoms with Gasteiger partial charge in [0, 0.05) is 0 Å². The topological polar surface area (TPSA) is 27.7 Å². The summed E-state index contributed by atoms with van der Waals surface area (Å²) in [5.74, 6) is 1.45. The van der Waals surface area contributed by atoms with Gasteiger partial charge in [0.2, 0.25) is 0 Å². The predicted molar refractivity (Wildman–Crippen MR) is 73.5 cm³/mol. The highest BCUT2D eigenvalue weighted by Gasteiger charge is 2.35. The number of hydrogen-bond donors (Lipinski definition) is 0. The molecule has 2 atom stereocenters. The van der Waals surface area contributed by atoms with E-state index in [1.807, 2.05) is 12.1 Å². The standard InChI is InChI=1S/C16H16O3/c1-3-7-17-15-9-11-12(10-16(15)18-8-4-2)14-6-5-13(11)19-14/h3-6,9-10,13-14H,1-2,7-8H2/t13-,14+. The van der Waals surface area contributed by atoms with Crippen LogP contribution in [0.5, 0.6) is 11.5 Å². The fourth-order valence-corrected chi connectivity index (χ4v) is 2.41. The van der Waals surface area contributed by atoms with Crippen LogP contribution >= 0.6 is 0 Å². The molecule has 0 unspecified atom stereocenters. The summed E-state index contributed by atoms with van der Waals surface area (Å²) in [6.07, 6.45) is 7.70. The molecule has 0 amide bonds. The highest BCUT2D eigenvalue weighted by Crippen LogP contribution is 2.49. The zero-order chi connectivity index (χ0) is 13.2. The van der Waals surface area contributed by atoms with Gasteiger partial charge in [-0.3, -0.25) is 0 Å². The molecule has 3 rings (SSSR count). The minimum absolute atomic E-state index is 0.0551. The summed E-state index contributed by atoms with van der Waals surface area (Å²) < 4.78 is 17.1. The molecule has 2 bridgehead atoms. The maximum atomic E-state index is 5.80. The average molecular weight is 256 g/mol. The normalized spacial score (nSPS) is 22.1.